The molecule has 1 fully saturated rings. The van der Waals surface area contributed by atoms with Crippen LogP contribution in [0.25, 0.3) is 0 Å². The largest absolute Gasteiger partial charge is 0.393 e. The molecule has 0 atom stereocenters. The van der Waals surface area contributed by atoms with Crippen LogP contribution in [0.1, 0.15) is 39.5 Å². The molecule has 0 radical (unpaired) electrons. The average molecular weight is 228 g/mol. The number of nitrogens with one attached hydrogen (secondary N) is 1. The molecule has 3 nitrogen and oxygen atoms in total. The molecule has 0 aromatic carbocycles. The molecule has 1 saturated carbocycles. The Balaban J connectivity index is 2.23. The molecular weight excluding hydrogens is 200 g/mol. The van der Waals surface area contributed by atoms with Crippen LogP contribution in [-0.4, -0.2) is 49.3 Å². The topological polar surface area (TPSA) is 35.5 Å². The van der Waals surface area contributed by atoms with Gasteiger partial charge in [0.25, 0.3) is 0 Å². The second kappa shape index (κ2) is 5.99. The third-order valence-electron chi connectivity index (χ3n) is 3.31. The van der Waals surface area contributed by atoms with Crippen molar-refractivity contribution >= 4 is 0 Å². The van der Waals surface area contributed by atoms with Crippen molar-refractivity contribution in [3.63, 3.8) is 0 Å². The Bertz CT molecular complexity index is 196. The predicted octanol–water partition coefficient (Wildman–Crippen LogP) is 1.47. The third-order valence-corrected chi connectivity index (χ3v) is 3.31. The van der Waals surface area contributed by atoms with E-state index in [1.54, 1.807) is 0 Å². The quantitative estimate of drug-likeness (QED) is 0.748. The van der Waals surface area contributed by atoms with Gasteiger partial charge in [-0.2, -0.15) is 0 Å². The van der Waals surface area contributed by atoms with E-state index < -0.39 is 0 Å². The van der Waals surface area contributed by atoms with Gasteiger partial charge in [-0.15, -0.1) is 0 Å². The molecule has 96 valence electrons. The van der Waals surface area contributed by atoms with Crippen LogP contribution in [0.2, 0.25) is 0 Å². The predicted molar refractivity (Wildman–Crippen MR) is 68.6 cm³/mol. The Hall–Kier alpha value is -0.120. The maximum atomic E-state index is 9.44. The molecule has 1 aliphatic carbocycles. The zero-order chi connectivity index (χ0) is 12.2. The maximum absolute atomic E-state index is 9.44. The molecule has 16 heavy (non-hydrogen) atoms. The SMILES string of the molecule is CN(C)CC(C)(C)CNC1CCC(O)CC1. The summed E-state index contributed by atoms with van der Waals surface area (Å²) in [6.07, 6.45) is 4.13. The van der Waals surface area contributed by atoms with Crippen molar-refractivity contribution in [3.05, 3.63) is 0 Å². The molecule has 0 unspecified atom stereocenters. The van der Waals surface area contributed by atoms with Crippen molar-refractivity contribution in [2.24, 2.45) is 5.41 Å². The Morgan fingerprint density at radius 3 is 2.25 bits per heavy atom. The van der Waals surface area contributed by atoms with Gasteiger partial charge in [0.2, 0.25) is 0 Å². The lowest BCUT2D eigenvalue weighted by atomic mass is 9.89. The van der Waals surface area contributed by atoms with E-state index >= 15 is 0 Å². The van der Waals surface area contributed by atoms with Crippen LogP contribution in [0.15, 0.2) is 0 Å². The smallest absolute Gasteiger partial charge is 0.0541 e. The lowest BCUT2D eigenvalue weighted by molar-refractivity contribution is 0.112. The van der Waals surface area contributed by atoms with Gasteiger partial charge in [-0.1, -0.05) is 13.8 Å². The van der Waals surface area contributed by atoms with Crippen LogP contribution in [0.5, 0.6) is 0 Å². The first-order valence-corrected chi connectivity index (χ1v) is 6.45. The van der Waals surface area contributed by atoms with E-state index in [1.807, 2.05) is 0 Å². The van der Waals surface area contributed by atoms with E-state index in [1.165, 1.54) is 0 Å². The van der Waals surface area contributed by atoms with Crippen molar-refractivity contribution in [3.8, 4) is 0 Å². The highest BCUT2D eigenvalue weighted by Crippen LogP contribution is 2.20. The average Bonchev–Trinajstić information content (AvgIpc) is 2.15. The minimum Gasteiger partial charge on any atom is -0.393 e. The van der Waals surface area contributed by atoms with E-state index in [9.17, 15) is 5.11 Å². The molecule has 0 spiro atoms. The fourth-order valence-corrected chi connectivity index (χ4v) is 2.61. The highest BCUT2D eigenvalue weighted by molar-refractivity contribution is 4.81. The fourth-order valence-electron chi connectivity index (χ4n) is 2.61. The van der Waals surface area contributed by atoms with Gasteiger partial charge in [0.15, 0.2) is 0 Å². The van der Waals surface area contributed by atoms with Crippen LogP contribution in [-0.2, 0) is 0 Å². The summed E-state index contributed by atoms with van der Waals surface area (Å²) < 4.78 is 0. The van der Waals surface area contributed by atoms with Crippen LogP contribution in [0.4, 0.5) is 0 Å². The van der Waals surface area contributed by atoms with Gasteiger partial charge in [0.05, 0.1) is 6.10 Å². The summed E-state index contributed by atoms with van der Waals surface area (Å²) in [5, 5.41) is 13.1. The van der Waals surface area contributed by atoms with Crippen molar-refractivity contribution in [1.82, 2.24) is 10.2 Å². The zero-order valence-electron chi connectivity index (χ0n) is 11.3. The molecule has 1 rings (SSSR count). The molecule has 3 heteroatoms. The summed E-state index contributed by atoms with van der Waals surface area (Å²) in [6.45, 7) is 6.77. The molecule has 2 N–H and O–H groups in total. The summed E-state index contributed by atoms with van der Waals surface area (Å²) in [5.41, 5.74) is 0.319. The fraction of sp³-hybridized carbons (Fsp3) is 1.00. The molecule has 0 aromatic rings. The first-order chi connectivity index (χ1) is 7.39. The van der Waals surface area contributed by atoms with E-state index in [0.29, 0.717) is 11.5 Å². The van der Waals surface area contributed by atoms with E-state index in [0.717, 1.165) is 38.8 Å². The highest BCUT2D eigenvalue weighted by atomic mass is 16.3. The lowest BCUT2D eigenvalue weighted by Gasteiger charge is -2.33. The van der Waals surface area contributed by atoms with E-state index in [-0.39, 0.29) is 6.10 Å². The number of aliphatic hydroxyl groups excluding tert-OH is 1. The number of hydrogen-bond acceptors (Lipinski definition) is 3. The van der Waals surface area contributed by atoms with Crippen LogP contribution in [0.3, 0.4) is 0 Å². The molecular formula is C13H28N2O. The molecule has 0 aromatic heterocycles. The molecule has 0 amide bonds. The first kappa shape index (κ1) is 13.9. The molecule has 0 bridgehead atoms. The summed E-state index contributed by atoms with van der Waals surface area (Å²) in [7, 11) is 4.25. The van der Waals surface area contributed by atoms with Crippen molar-refractivity contribution < 1.29 is 5.11 Å². The minimum atomic E-state index is -0.0483. The standard InChI is InChI=1S/C13H28N2O/c1-13(2,10-15(3)4)9-14-11-5-7-12(16)8-6-11/h11-12,14,16H,5-10H2,1-4H3. The second-order valence-electron chi connectivity index (χ2n) is 6.29. The highest BCUT2D eigenvalue weighted by Gasteiger charge is 2.23. The van der Waals surface area contributed by atoms with Gasteiger partial charge in [0, 0.05) is 19.1 Å². The van der Waals surface area contributed by atoms with Gasteiger partial charge in [-0.3, -0.25) is 0 Å². The summed E-state index contributed by atoms with van der Waals surface area (Å²) in [4.78, 5) is 2.24. The van der Waals surface area contributed by atoms with Gasteiger partial charge in [-0.05, 0) is 45.2 Å². The Morgan fingerprint density at radius 2 is 1.75 bits per heavy atom. The molecule has 0 heterocycles. The van der Waals surface area contributed by atoms with E-state index in [4.69, 9.17) is 0 Å². The van der Waals surface area contributed by atoms with Gasteiger partial charge in [0.1, 0.15) is 0 Å². The Labute approximate surface area is 100 Å². The summed E-state index contributed by atoms with van der Waals surface area (Å²) in [6, 6.07) is 0.616. The van der Waals surface area contributed by atoms with Crippen molar-refractivity contribution in [2.75, 3.05) is 27.2 Å². The monoisotopic (exact) mass is 228 g/mol. The normalized spacial score (nSPS) is 27.4. The second-order valence-corrected chi connectivity index (χ2v) is 6.29. The van der Waals surface area contributed by atoms with Crippen LogP contribution >= 0.6 is 0 Å². The van der Waals surface area contributed by atoms with Crippen molar-refractivity contribution in [1.29, 1.82) is 0 Å². The number of aliphatic hydroxyl groups is 1. The van der Waals surface area contributed by atoms with E-state index in [2.05, 4.69) is 38.2 Å². The van der Waals surface area contributed by atoms with Crippen LogP contribution < -0.4 is 5.32 Å². The minimum absolute atomic E-state index is 0.0483. The molecule has 0 aliphatic heterocycles. The number of nitrogens with zero attached hydrogens (tertiary/aromatic N) is 1. The van der Waals surface area contributed by atoms with Gasteiger partial charge < -0.3 is 15.3 Å². The van der Waals surface area contributed by atoms with Gasteiger partial charge >= 0.3 is 0 Å². The zero-order valence-corrected chi connectivity index (χ0v) is 11.3. The summed E-state index contributed by atoms with van der Waals surface area (Å²) in [5.74, 6) is 0. The first-order valence-electron chi connectivity index (χ1n) is 6.45. The number of rotatable bonds is 5. The van der Waals surface area contributed by atoms with Crippen LogP contribution in [0, 0.1) is 5.41 Å². The maximum Gasteiger partial charge on any atom is 0.0541 e. The molecule has 1 aliphatic rings. The number of hydrogen-bond donors (Lipinski definition) is 2. The summed E-state index contributed by atoms with van der Waals surface area (Å²) >= 11 is 0. The van der Waals surface area contributed by atoms with Gasteiger partial charge in [-0.25, -0.2) is 0 Å². The Morgan fingerprint density at radius 1 is 1.19 bits per heavy atom. The Kier molecular flexibility index (Phi) is 5.22. The lowest BCUT2D eigenvalue weighted by Crippen LogP contribution is -2.43. The third kappa shape index (κ3) is 5.28. The van der Waals surface area contributed by atoms with Crippen molar-refractivity contribution in [2.45, 2.75) is 51.7 Å². The molecule has 0 saturated heterocycles.